The fourth-order valence-corrected chi connectivity index (χ4v) is 4.38. The van der Waals surface area contributed by atoms with Crippen LogP contribution in [0.2, 0.25) is 0 Å². The second-order valence-corrected chi connectivity index (χ2v) is 8.36. The Bertz CT molecular complexity index is 1060. The monoisotopic (exact) mass is 479 g/mol. The molecule has 0 unspecified atom stereocenters. The maximum atomic E-state index is 13.5. The number of ether oxygens (including phenoxy) is 4. The summed E-state index contributed by atoms with van der Waals surface area (Å²) in [6.07, 6.45) is 0.810. The third-order valence-electron chi connectivity index (χ3n) is 4.97. The molecule has 0 radical (unpaired) electrons. The number of nitrogens with zero attached hydrogens (tertiary/aromatic N) is 3. The smallest absolute Gasteiger partial charge is 0.260 e. The number of methoxy groups -OCH3 is 2. The summed E-state index contributed by atoms with van der Waals surface area (Å²) in [4.78, 5) is 22.0. The Morgan fingerprint density at radius 3 is 2.47 bits per heavy atom. The normalized spacial score (nSPS) is 12.0. The largest absolute Gasteiger partial charge is 0.493 e. The predicted molar refractivity (Wildman–Crippen MR) is 127 cm³/mol. The van der Waals surface area contributed by atoms with E-state index in [2.05, 4.69) is 4.90 Å². The number of hydrogen-bond acceptors (Lipinski definition) is 8. The minimum atomic E-state index is -0.140. The lowest BCUT2D eigenvalue weighted by Crippen LogP contribution is -2.33. The zero-order valence-electron chi connectivity index (χ0n) is 18.4. The van der Waals surface area contributed by atoms with E-state index in [0.717, 1.165) is 23.2 Å². The van der Waals surface area contributed by atoms with Gasteiger partial charge in [0.05, 0.1) is 24.4 Å². The SMILES string of the molecule is COc1ccc(C(=O)N(CCCN(C)C)c2nc3cc4c(cc3s2)OCO4)cc1OC.Cl. The first kappa shape index (κ1) is 23.9. The van der Waals surface area contributed by atoms with Gasteiger partial charge in [-0.2, -0.15) is 0 Å². The van der Waals surface area contributed by atoms with Gasteiger partial charge in [-0.25, -0.2) is 4.98 Å². The van der Waals surface area contributed by atoms with Crippen molar-refractivity contribution < 1.29 is 23.7 Å². The van der Waals surface area contributed by atoms with Crippen molar-refractivity contribution >= 4 is 45.0 Å². The molecule has 4 rings (SSSR count). The van der Waals surface area contributed by atoms with Gasteiger partial charge in [-0.1, -0.05) is 11.3 Å². The highest BCUT2D eigenvalue weighted by atomic mass is 35.5. The quantitative estimate of drug-likeness (QED) is 0.482. The van der Waals surface area contributed by atoms with E-state index in [1.54, 1.807) is 37.3 Å². The molecule has 0 fully saturated rings. The molecule has 32 heavy (non-hydrogen) atoms. The van der Waals surface area contributed by atoms with Crippen LogP contribution in [-0.4, -0.2) is 64.0 Å². The number of fused-ring (bicyclic) bond motifs is 2. The van der Waals surface area contributed by atoms with Crippen LogP contribution in [0.1, 0.15) is 16.8 Å². The van der Waals surface area contributed by atoms with E-state index in [0.29, 0.717) is 40.2 Å². The van der Waals surface area contributed by atoms with Gasteiger partial charge < -0.3 is 23.8 Å². The molecule has 0 aliphatic carbocycles. The van der Waals surface area contributed by atoms with Crippen molar-refractivity contribution in [2.75, 3.05) is 53.1 Å². The average molecular weight is 480 g/mol. The van der Waals surface area contributed by atoms with Crippen molar-refractivity contribution in [2.24, 2.45) is 0 Å². The molecule has 0 saturated carbocycles. The van der Waals surface area contributed by atoms with Crippen LogP contribution in [0, 0.1) is 0 Å². The third-order valence-corrected chi connectivity index (χ3v) is 6.01. The lowest BCUT2D eigenvalue weighted by Gasteiger charge is -2.21. The Balaban J connectivity index is 0.00000289. The van der Waals surface area contributed by atoms with Gasteiger partial charge >= 0.3 is 0 Å². The first-order valence-electron chi connectivity index (χ1n) is 9.89. The molecule has 2 heterocycles. The molecule has 2 aromatic carbocycles. The van der Waals surface area contributed by atoms with Crippen molar-refractivity contribution in [3.05, 3.63) is 35.9 Å². The van der Waals surface area contributed by atoms with Crippen LogP contribution in [0.5, 0.6) is 23.0 Å². The molecule has 10 heteroatoms. The highest BCUT2D eigenvalue weighted by Crippen LogP contribution is 2.40. The van der Waals surface area contributed by atoms with Crippen LogP contribution in [-0.2, 0) is 0 Å². The van der Waals surface area contributed by atoms with E-state index in [1.165, 1.54) is 11.3 Å². The number of benzene rings is 2. The van der Waals surface area contributed by atoms with Crippen LogP contribution >= 0.6 is 23.7 Å². The van der Waals surface area contributed by atoms with Crippen LogP contribution in [0.25, 0.3) is 10.2 Å². The number of rotatable bonds is 8. The van der Waals surface area contributed by atoms with Crippen LogP contribution in [0.3, 0.4) is 0 Å². The topological polar surface area (TPSA) is 73.4 Å². The molecule has 0 saturated heterocycles. The molecule has 172 valence electrons. The number of hydrogen-bond donors (Lipinski definition) is 0. The molecule has 1 aliphatic heterocycles. The standard InChI is InChI=1S/C22H25N3O5S.ClH/c1-24(2)8-5-9-25(21(26)14-6-7-16(27-3)17(10-14)28-4)22-23-15-11-18-19(30-13-29-18)12-20(15)31-22;/h6-7,10-12H,5,8-9,13H2,1-4H3;1H. The fourth-order valence-electron chi connectivity index (χ4n) is 3.38. The van der Waals surface area contributed by atoms with Gasteiger partial charge in [0.15, 0.2) is 28.1 Å². The van der Waals surface area contributed by atoms with Gasteiger partial charge in [-0.15, -0.1) is 12.4 Å². The summed E-state index contributed by atoms with van der Waals surface area (Å²) in [6.45, 7) is 1.61. The van der Waals surface area contributed by atoms with Crippen LogP contribution in [0.4, 0.5) is 5.13 Å². The van der Waals surface area contributed by atoms with E-state index in [9.17, 15) is 4.79 Å². The molecular formula is C22H26ClN3O5S. The summed E-state index contributed by atoms with van der Waals surface area (Å²) >= 11 is 1.46. The summed E-state index contributed by atoms with van der Waals surface area (Å²) < 4.78 is 22.6. The Hall–Kier alpha value is -2.75. The summed E-state index contributed by atoms with van der Waals surface area (Å²) in [5.74, 6) is 2.32. The second kappa shape index (κ2) is 10.2. The minimum absolute atomic E-state index is 0. The first-order valence-corrected chi connectivity index (χ1v) is 10.7. The number of halogens is 1. The lowest BCUT2D eigenvalue weighted by molar-refractivity contribution is 0.0985. The molecule has 0 spiro atoms. The molecule has 3 aromatic rings. The van der Waals surface area contributed by atoms with E-state index in [-0.39, 0.29) is 25.1 Å². The number of thiazole rings is 1. The van der Waals surface area contributed by atoms with Crippen LogP contribution < -0.4 is 23.8 Å². The Morgan fingerprint density at radius 1 is 1.06 bits per heavy atom. The van der Waals surface area contributed by atoms with E-state index in [1.807, 2.05) is 26.2 Å². The van der Waals surface area contributed by atoms with Crippen molar-refractivity contribution in [1.29, 1.82) is 0 Å². The number of aromatic nitrogens is 1. The Morgan fingerprint density at radius 2 is 1.78 bits per heavy atom. The summed E-state index contributed by atoms with van der Waals surface area (Å²) in [5, 5.41) is 0.636. The predicted octanol–water partition coefficient (Wildman–Crippen LogP) is 4.06. The fraction of sp³-hybridized carbons (Fsp3) is 0.364. The molecule has 0 atom stereocenters. The minimum Gasteiger partial charge on any atom is -0.493 e. The summed E-state index contributed by atoms with van der Waals surface area (Å²) in [5.41, 5.74) is 1.29. The zero-order chi connectivity index (χ0) is 22.0. The molecule has 1 aliphatic rings. The third kappa shape index (κ3) is 4.85. The highest BCUT2D eigenvalue weighted by Gasteiger charge is 2.24. The Kier molecular flexibility index (Phi) is 7.65. The molecule has 1 aromatic heterocycles. The summed E-state index contributed by atoms with van der Waals surface area (Å²) in [7, 11) is 7.15. The molecule has 0 N–H and O–H groups in total. The molecule has 0 bridgehead atoms. The number of carbonyl (C=O) groups excluding carboxylic acids is 1. The van der Waals surface area contributed by atoms with Gasteiger partial charge in [-0.3, -0.25) is 9.69 Å². The second-order valence-electron chi connectivity index (χ2n) is 7.35. The maximum absolute atomic E-state index is 13.5. The Labute approximate surface area is 197 Å². The van der Waals surface area contributed by atoms with Gasteiger partial charge in [-0.05, 0) is 45.3 Å². The van der Waals surface area contributed by atoms with Gasteiger partial charge in [0.2, 0.25) is 6.79 Å². The number of carbonyl (C=O) groups is 1. The maximum Gasteiger partial charge on any atom is 0.260 e. The molecule has 8 nitrogen and oxygen atoms in total. The van der Waals surface area contributed by atoms with Crippen molar-refractivity contribution in [2.45, 2.75) is 6.42 Å². The van der Waals surface area contributed by atoms with Gasteiger partial charge in [0.1, 0.15) is 0 Å². The number of amides is 1. The lowest BCUT2D eigenvalue weighted by atomic mass is 10.1. The van der Waals surface area contributed by atoms with Gasteiger partial charge in [0.25, 0.3) is 5.91 Å². The van der Waals surface area contributed by atoms with Crippen molar-refractivity contribution in [3.8, 4) is 23.0 Å². The summed E-state index contributed by atoms with van der Waals surface area (Å²) in [6, 6.07) is 8.95. The van der Waals surface area contributed by atoms with E-state index >= 15 is 0 Å². The zero-order valence-corrected chi connectivity index (χ0v) is 20.0. The van der Waals surface area contributed by atoms with Crippen molar-refractivity contribution in [3.63, 3.8) is 0 Å². The van der Waals surface area contributed by atoms with E-state index < -0.39 is 0 Å². The highest BCUT2D eigenvalue weighted by molar-refractivity contribution is 7.22. The van der Waals surface area contributed by atoms with Gasteiger partial charge in [0, 0.05) is 24.2 Å². The average Bonchev–Trinajstić information content (AvgIpc) is 3.39. The number of anilines is 1. The first-order chi connectivity index (χ1) is 15.0. The molecule has 1 amide bonds. The van der Waals surface area contributed by atoms with E-state index in [4.69, 9.17) is 23.9 Å². The van der Waals surface area contributed by atoms with Crippen LogP contribution in [0.15, 0.2) is 30.3 Å². The molecular weight excluding hydrogens is 454 g/mol. The van der Waals surface area contributed by atoms with Crippen molar-refractivity contribution in [1.82, 2.24) is 9.88 Å².